The fraction of sp³-hybridized carbons (Fsp3) is 0.375. The van der Waals surface area contributed by atoms with Gasteiger partial charge in [0.2, 0.25) is 17.7 Å². The topological polar surface area (TPSA) is 104 Å². The van der Waals surface area contributed by atoms with Gasteiger partial charge in [-0.15, -0.1) is 0 Å². The fourth-order valence-electron chi connectivity index (χ4n) is 4.56. The molecule has 2 fully saturated rings. The first-order valence-corrected chi connectivity index (χ1v) is 12.5. The first-order valence-electron chi connectivity index (χ1n) is 11.1. The third-order valence-corrected chi connectivity index (χ3v) is 8.17. The highest BCUT2D eigenvalue weighted by molar-refractivity contribution is 7.92. The number of amides is 3. The van der Waals surface area contributed by atoms with Crippen LogP contribution in [0.3, 0.4) is 0 Å². The van der Waals surface area contributed by atoms with Crippen LogP contribution in [0.4, 0.5) is 11.4 Å². The zero-order valence-corrected chi connectivity index (χ0v) is 19.3. The van der Waals surface area contributed by atoms with Gasteiger partial charge in [0, 0.05) is 25.7 Å². The summed E-state index contributed by atoms with van der Waals surface area (Å²) in [6, 6.07) is 14.7. The van der Waals surface area contributed by atoms with Crippen LogP contribution in [0, 0.1) is 11.8 Å². The molecule has 1 heterocycles. The molecular weight excluding hydrogens is 442 g/mol. The molecule has 174 valence electrons. The van der Waals surface area contributed by atoms with Crippen LogP contribution in [0.25, 0.3) is 0 Å². The summed E-state index contributed by atoms with van der Waals surface area (Å²) >= 11 is 0. The number of imide groups is 1. The van der Waals surface area contributed by atoms with Gasteiger partial charge in [0.1, 0.15) is 0 Å². The molecule has 1 aliphatic carbocycles. The average molecular weight is 470 g/mol. The van der Waals surface area contributed by atoms with Crippen LogP contribution in [0.5, 0.6) is 0 Å². The van der Waals surface area contributed by atoms with E-state index < -0.39 is 15.9 Å². The SMILES string of the molecule is CN(c1ccccc1)S(=O)(=O)c1cccc(NC(=O)CCN2C(=O)[C@H]3CCCC[C@H]3C2=O)c1. The van der Waals surface area contributed by atoms with Crippen LogP contribution in [0.1, 0.15) is 32.1 Å². The molecule has 0 aromatic heterocycles. The molecule has 9 heteroatoms. The molecule has 2 aromatic rings. The van der Waals surface area contributed by atoms with Crippen molar-refractivity contribution in [2.75, 3.05) is 23.2 Å². The zero-order chi connectivity index (χ0) is 23.6. The smallest absolute Gasteiger partial charge is 0.264 e. The van der Waals surface area contributed by atoms with Gasteiger partial charge >= 0.3 is 0 Å². The predicted octanol–water partition coefficient (Wildman–Crippen LogP) is 3.02. The number of sulfonamides is 1. The second-order valence-corrected chi connectivity index (χ2v) is 10.4. The minimum Gasteiger partial charge on any atom is -0.326 e. The number of likely N-dealkylation sites (tertiary alicyclic amines) is 1. The van der Waals surface area contributed by atoms with Crippen molar-refractivity contribution in [2.24, 2.45) is 11.8 Å². The lowest BCUT2D eigenvalue weighted by Gasteiger charge is -2.20. The van der Waals surface area contributed by atoms with Crippen LogP contribution in [-0.2, 0) is 24.4 Å². The van der Waals surface area contributed by atoms with E-state index in [0.717, 1.165) is 25.7 Å². The molecule has 0 spiro atoms. The number of rotatable bonds is 7. The molecule has 0 unspecified atom stereocenters. The summed E-state index contributed by atoms with van der Waals surface area (Å²) in [5.41, 5.74) is 0.850. The largest absolute Gasteiger partial charge is 0.326 e. The maximum atomic E-state index is 13.0. The van der Waals surface area contributed by atoms with E-state index in [0.29, 0.717) is 11.4 Å². The standard InChI is InChI=1S/C24H27N3O5S/c1-26(18-9-3-2-4-10-18)33(31,32)19-11-7-8-17(16-19)25-22(28)14-15-27-23(29)20-12-5-6-13-21(20)24(27)30/h2-4,7-11,16,20-21H,5-6,12-15H2,1H3,(H,25,28)/t20-,21+. The highest BCUT2D eigenvalue weighted by Gasteiger charge is 2.47. The summed E-state index contributed by atoms with van der Waals surface area (Å²) in [5.74, 6) is -1.21. The van der Waals surface area contributed by atoms with Crippen molar-refractivity contribution >= 4 is 39.1 Å². The van der Waals surface area contributed by atoms with Crippen molar-refractivity contribution in [2.45, 2.75) is 37.0 Å². The van der Waals surface area contributed by atoms with Crippen LogP contribution < -0.4 is 9.62 Å². The number of anilines is 2. The quantitative estimate of drug-likeness (QED) is 0.628. The van der Waals surface area contributed by atoms with E-state index in [1.54, 1.807) is 42.5 Å². The first kappa shape index (κ1) is 23.0. The van der Waals surface area contributed by atoms with Crippen LogP contribution in [0.2, 0.25) is 0 Å². The number of benzene rings is 2. The Morgan fingerprint density at radius 3 is 2.27 bits per heavy atom. The maximum absolute atomic E-state index is 13.0. The number of hydrogen-bond acceptors (Lipinski definition) is 5. The van der Waals surface area contributed by atoms with Gasteiger partial charge in [-0.25, -0.2) is 8.42 Å². The van der Waals surface area contributed by atoms with Crippen LogP contribution in [-0.4, -0.2) is 44.6 Å². The number of fused-ring (bicyclic) bond motifs is 1. The highest BCUT2D eigenvalue weighted by Crippen LogP contribution is 2.38. The van der Waals surface area contributed by atoms with E-state index >= 15 is 0 Å². The van der Waals surface area contributed by atoms with E-state index in [1.807, 2.05) is 0 Å². The van der Waals surface area contributed by atoms with E-state index in [2.05, 4.69) is 5.32 Å². The van der Waals surface area contributed by atoms with E-state index in [1.165, 1.54) is 28.4 Å². The molecule has 0 bridgehead atoms. The van der Waals surface area contributed by atoms with Crippen molar-refractivity contribution in [3.63, 3.8) is 0 Å². The molecule has 1 aliphatic heterocycles. The second kappa shape index (κ2) is 9.35. The third-order valence-electron chi connectivity index (χ3n) is 6.39. The number of nitrogens with zero attached hydrogens (tertiary/aromatic N) is 2. The summed E-state index contributed by atoms with van der Waals surface area (Å²) in [6.07, 6.45) is 3.32. The fourth-order valence-corrected chi connectivity index (χ4v) is 5.80. The molecule has 0 radical (unpaired) electrons. The predicted molar refractivity (Wildman–Crippen MR) is 124 cm³/mol. The summed E-state index contributed by atoms with van der Waals surface area (Å²) in [6.45, 7) is 0.0330. The molecule has 8 nitrogen and oxygen atoms in total. The first-order chi connectivity index (χ1) is 15.8. The normalized spacial score (nSPS) is 20.5. The number of carbonyl (C=O) groups is 3. The Labute approximate surface area is 193 Å². The average Bonchev–Trinajstić information content (AvgIpc) is 3.07. The molecule has 1 saturated heterocycles. The Kier molecular flexibility index (Phi) is 6.51. The van der Waals surface area contributed by atoms with E-state index in [4.69, 9.17) is 0 Å². The summed E-state index contributed by atoms with van der Waals surface area (Å²) in [5, 5.41) is 2.68. The lowest BCUT2D eigenvalue weighted by Crippen LogP contribution is -2.34. The van der Waals surface area contributed by atoms with Gasteiger partial charge in [-0.3, -0.25) is 23.6 Å². The van der Waals surface area contributed by atoms with Crippen LogP contribution in [0.15, 0.2) is 59.5 Å². The minimum absolute atomic E-state index is 0.0330. The Bertz CT molecular complexity index is 1140. The van der Waals surface area contributed by atoms with Gasteiger partial charge in [-0.2, -0.15) is 0 Å². The number of hydrogen-bond donors (Lipinski definition) is 1. The second-order valence-electron chi connectivity index (χ2n) is 8.46. The van der Waals surface area contributed by atoms with E-state index in [9.17, 15) is 22.8 Å². The van der Waals surface area contributed by atoms with Crippen molar-refractivity contribution in [1.82, 2.24) is 4.90 Å². The molecule has 2 atom stereocenters. The Morgan fingerprint density at radius 2 is 1.64 bits per heavy atom. The summed E-state index contributed by atoms with van der Waals surface area (Å²) in [7, 11) is -2.35. The molecule has 33 heavy (non-hydrogen) atoms. The molecular formula is C24H27N3O5S. The number of nitrogens with one attached hydrogen (secondary N) is 1. The van der Waals surface area contributed by atoms with Crippen molar-refractivity contribution in [1.29, 1.82) is 0 Å². The van der Waals surface area contributed by atoms with Gasteiger partial charge in [0.15, 0.2) is 0 Å². The molecule has 1 saturated carbocycles. The van der Waals surface area contributed by atoms with Gasteiger partial charge in [-0.05, 0) is 43.2 Å². The molecule has 2 aromatic carbocycles. The molecule has 2 aliphatic rings. The lowest BCUT2D eigenvalue weighted by atomic mass is 9.81. The summed E-state index contributed by atoms with van der Waals surface area (Å²) in [4.78, 5) is 38.9. The monoisotopic (exact) mass is 469 g/mol. The summed E-state index contributed by atoms with van der Waals surface area (Å²) < 4.78 is 27.2. The number of carbonyl (C=O) groups excluding carboxylic acids is 3. The maximum Gasteiger partial charge on any atom is 0.264 e. The van der Waals surface area contributed by atoms with Gasteiger partial charge in [-0.1, -0.05) is 37.1 Å². The number of para-hydroxylation sites is 1. The zero-order valence-electron chi connectivity index (χ0n) is 18.4. The van der Waals surface area contributed by atoms with Crippen molar-refractivity contribution in [3.05, 3.63) is 54.6 Å². The van der Waals surface area contributed by atoms with Crippen molar-refractivity contribution < 1.29 is 22.8 Å². The van der Waals surface area contributed by atoms with Gasteiger partial charge < -0.3 is 5.32 Å². The van der Waals surface area contributed by atoms with Crippen molar-refractivity contribution in [3.8, 4) is 0 Å². The Balaban J connectivity index is 1.40. The molecule has 3 amide bonds. The third kappa shape index (κ3) is 4.64. The molecule has 4 rings (SSSR count). The van der Waals surface area contributed by atoms with Gasteiger partial charge in [0.05, 0.1) is 22.4 Å². The highest BCUT2D eigenvalue weighted by atomic mass is 32.2. The van der Waals surface area contributed by atoms with Gasteiger partial charge in [0.25, 0.3) is 10.0 Å². The molecule has 1 N–H and O–H groups in total. The lowest BCUT2D eigenvalue weighted by molar-refractivity contribution is -0.140. The van der Waals surface area contributed by atoms with Crippen LogP contribution >= 0.6 is 0 Å². The Morgan fingerprint density at radius 1 is 1.00 bits per heavy atom. The minimum atomic E-state index is -3.82. The Hall–Kier alpha value is -3.20. The van der Waals surface area contributed by atoms with E-state index in [-0.39, 0.29) is 41.5 Å².